The van der Waals surface area contributed by atoms with Crippen LogP contribution in [0.1, 0.15) is 33.8 Å². The van der Waals surface area contributed by atoms with Gasteiger partial charge < -0.3 is 20.5 Å². The van der Waals surface area contributed by atoms with Crippen LogP contribution in [0.2, 0.25) is 5.02 Å². The van der Waals surface area contributed by atoms with Crippen LogP contribution < -0.4 is 10.6 Å². The second-order valence-electron chi connectivity index (χ2n) is 7.55. The fourth-order valence-corrected chi connectivity index (χ4v) is 4.12. The van der Waals surface area contributed by atoms with Crippen molar-refractivity contribution in [1.29, 1.82) is 0 Å². The van der Waals surface area contributed by atoms with Gasteiger partial charge in [-0.25, -0.2) is 9.59 Å². The van der Waals surface area contributed by atoms with E-state index in [1.54, 1.807) is 0 Å². The van der Waals surface area contributed by atoms with Crippen molar-refractivity contribution in [3.05, 3.63) is 88.4 Å². The number of benzene rings is 3. The fraction of sp³-hybridized carbons (Fsp3) is 0.160. The molecule has 0 heterocycles. The van der Waals surface area contributed by atoms with Gasteiger partial charge in [-0.3, -0.25) is 4.79 Å². The molecule has 0 bridgehead atoms. The Morgan fingerprint density at radius 1 is 0.939 bits per heavy atom. The summed E-state index contributed by atoms with van der Waals surface area (Å²) in [5.74, 6) is -1.52. The van der Waals surface area contributed by atoms with Crippen molar-refractivity contribution >= 4 is 35.3 Å². The zero-order valence-corrected chi connectivity index (χ0v) is 18.3. The Bertz CT molecular complexity index is 1180. The Morgan fingerprint density at radius 2 is 1.58 bits per heavy atom. The highest BCUT2D eigenvalue weighted by Crippen LogP contribution is 2.44. The molecule has 0 fully saturated rings. The molecule has 3 aromatic rings. The van der Waals surface area contributed by atoms with Crippen molar-refractivity contribution in [3.63, 3.8) is 0 Å². The van der Waals surface area contributed by atoms with Crippen LogP contribution in [0.5, 0.6) is 0 Å². The molecule has 7 nitrogen and oxygen atoms in total. The van der Waals surface area contributed by atoms with E-state index in [1.165, 1.54) is 18.2 Å². The van der Waals surface area contributed by atoms with Gasteiger partial charge >= 0.3 is 12.1 Å². The Morgan fingerprint density at radius 3 is 2.18 bits per heavy atom. The van der Waals surface area contributed by atoms with E-state index in [1.807, 2.05) is 36.4 Å². The van der Waals surface area contributed by atoms with Crippen LogP contribution >= 0.6 is 11.6 Å². The third-order valence-corrected chi connectivity index (χ3v) is 5.77. The normalized spacial score (nSPS) is 11.9. The Kier molecular flexibility index (Phi) is 6.60. The first kappa shape index (κ1) is 22.4. The number of ether oxygens (including phenoxy) is 1. The van der Waals surface area contributed by atoms with Gasteiger partial charge in [0, 0.05) is 18.9 Å². The number of carbonyl (C=O) groups excluding carboxylic acids is 2. The monoisotopic (exact) mass is 464 g/mol. The number of nitrogens with one attached hydrogen (secondary N) is 2. The molecule has 0 saturated heterocycles. The molecule has 1 aliphatic carbocycles. The van der Waals surface area contributed by atoms with Gasteiger partial charge in [-0.1, -0.05) is 60.1 Å². The third kappa shape index (κ3) is 4.99. The lowest BCUT2D eigenvalue weighted by atomic mass is 9.98. The van der Waals surface area contributed by atoms with Crippen LogP contribution in [0, 0.1) is 0 Å². The highest BCUT2D eigenvalue weighted by Gasteiger charge is 2.28. The average Bonchev–Trinajstić information content (AvgIpc) is 3.12. The first-order valence-electron chi connectivity index (χ1n) is 10.4. The van der Waals surface area contributed by atoms with E-state index in [-0.39, 0.29) is 42.0 Å². The molecule has 2 amide bonds. The Hall–Kier alpha value is -3.84. The molecule has 168 valence electrons. The second kappa shape index (κ2) is 9.75. The van der Waals surface area contributed by atoms with Crippen molar-refractivity contribution in [3.8, 4) is 11.1 Å². The summed E-state index contributed by atoms with van der Waals surface area (Å²) in [6.45, 7) is 0.269. The molecule has 0 aromatic heterocycles. The van der Waals surface area contributed by atoms with Crippen LogP contribution in [0.4, 0.5) is 10.5 Å². The molecule has 3 aromatic carbocycles. The lowest BCUT2D eigenvalue weighted by Crippen LogP contribution is -2.29. The van der Waals surface area contributed by atoms with Crippen molar-refractivity contribution < 1.29 is 24.2 Å². The molecule has 0 unspecified atom stereocenters. The van der Waals surface area contributed by atoms with E-state index >= 15 is 0 Å². The van der Waals surface area contributed by atoms with Crippen molar-refractivity contribution in [2.24, 2.45) is 0 Å². The smallest absolute Gasteiger partial charge is 0.407 e. The molecule has 8 heteroatoms. The van der Waals surface area contributed by atoms with Gasteiger partial charge in [0.25, 0.3) is 0 Å². The van der Waals surface area contributed by atoms with Crippen molar-refractivity contribution in [2.45, 2.75) is 12.3 Å². The minimum atomic E-state index is -1.11. The van der Waals surface area contributed by atoms with Gasteiger partial charge in [-0.2, -0.15) is 0 Å². The molecule has 0 spiro atoms. The largest absolute Gasteiger partial charge is 0.478 e. The fourth-order valence-electron chi connectivity index (χ4n) is 3.89. The van der Waals surface area contributed by atoms with Gasteiger partial charge in [0.15, 0.2) is 0 Å². The number of alkyl carbamates (subject to hydrolysis) is 1. The summed E-state index contributed by atoms with van der Waals surface area (Å²) >= 11 is 6.01. The number of fused-ring (bicyclic) bond motifs is 3. The van der Waals surface area contributed by atoms with E-state index in [2.05, 4.69) is 22.8 Å². The minimum Gasteiger partial charge on any atom is -0.478 e. The summed E-state index contributed by atoms with van der Waals surface area (Å²) in [6.07, 6.45) is -0.602. The van der Waals surface area contributed by atoms with E-state index in [0.29, 0.717) is 5.69 Å². The summed E-state index contributed by atoms with van der Waals surface area (Å²) in [4.78, 5) is 35.3. The lowest BCUT2D eigenvalue weighted by molar-refractivity contribution is -0.116. The molecule has 3 N–H and O–H groups in total. The predicted molar refractivity (Wildman–Crippen MR) is 125 cm³/mol. The van der Waals surface area contributed by atoms with E-state index in [0.717, 1.165) is 22.3 Å². The number of halogens is 1. The summed E-state index contributed by atoms with van der Waals surface area (Å²) in [5.41, 5.74) is 4.86. The lowest BCUT2D eigenvalue weighted by Gasteiger charge is -2.14. The molecule has 0 aliphatic heterocycles. The number of carbonyl (C=O) groups is 3. The maximum atomic E-state index is 12.2. The number of anilines is 1. The van der Waals surface area contributed by atoms with Crippen molar-refractivity contribution in [1.82, 2.24) is 5.32 Å². The van der Waals surface area contributed by atoms with E-state index < -0.39 is 12.1 Å². The molecule has 0 atom stereocenters. The highest BCUT2D eigenvalue weighted by molar-refractivity contribution is 6.34. The maximum absolute atomic E-state index is 12.2. The molecule has 33 heavy (non-hydrogen) atoms. The number of hydrogen-bond acceptors (Lipinski definition) is 4. The van der Waals surface area contributed by atoms with Gasteiger partial charge in [0.1, 0.15) is 6.61 Å². The molecule has 0 saturated carbocycles. The van der Waals surface area contributed by atoms with Crippen LogP contribution in [-0.4, -0.2) is 36.2 Å². The zero-order valence-electron chi connectivity index (χ0n) is 17.5. The molecule has 4 rings (SSSR count). The van der Waals surface area contributed by atoms with Crippen LogP contribution in [-0.2, 0) is 9.53 Å². The highest BCUT2D eigenvalue weighted by atomic mass is 35.5. The quantitative estimate of drug-likeness (QED) is 0.461. The van der Waals surface area contributed by atoms with Gasteiger partial charge in [0.05, 0.1) is 16.3 Å². The number of carboxylic acid groups (broad SMARTS) is 1. The number of hydrogen-bond donors (Lipinski definition) is 3. The van der Waals surface area contributed by atoms with E-state index in [9.17, 15) is 14.4 Å². The number of rotatable bonds is 7. The molecular formula is C25H21ClN2O5. The molecular weight excluding hydrogens is 444 g/mol. The first-order chi connectivity index (χ1) is 15.9. The third-order valence-electron chi connectivity index (χ3n) is 5.46. The summed E-state index contributed by atoms with van der Waals surface area (Å²) in [6, 6.07) is 20.2. The SMILES string of the molecule is O=C(CCNC(=O)OCC1c2ccccc2-c2ccccc21)Nc1ccc(C(=O)O)cc1Cl. The van der Waals surface area contributed by atoms with Gasteiger partial charge in [-0.15, -0.1) is 0 Å². The number of carboxylic acids is 1. The summed E-state index contributed by atoms with van der Waals surface area (Å²) in [5, 5.41) is 14.3. The zero-order chi connectivity index (χ0) is 23.4. The van der Waals surface area contributed by atoms with Crippen molar-refractivity contribution in [2.75, 3.05) is 18.5 Å². The predicted octanol–water partition coefficient (Wildman–Crippen LogP) is 4.91. The van der Waals surface area contributed by atoms with Crippen LogP contribution in [0.15, 0.2) is 66.7 Å². The van der Waals surface area contributed by atoms with Crippen LogP contribution in [0.3, 0.4) is 0 Å². The van der Waals surface area contributed by atoms with Crippen LogP contribution in [0.25, 0.3) is 11.1 Å². The number of aromatic carboxylic acids is 1. The van der Waals surface area contributed by atoms with E-state index in [4.69, 9.17) is 21.4 Å². The molecule has 0 radical (unpaired) electrons. The average molecular weight is 465 g/mol. The topological polar surface area (TPSA) is 105 Å². The Labute approximate surface area is 195 Å². The summed E-state index contributed by atoms with van der Waals surface area (Å²) < 4.78 is 5.44. The minimum absolute atomic E-state index is 0.00120. The molecule has 1 aliphatic rings. The van der Waals surface area contributed by atoms with Gasteiger partial charge in [0.2, 0.25) is 5.91 Å². The first-order valence-corrected chi connectivity index (χ1v) is 10.7. The summed E-state index contributed by atoms with van der Waals surface area (Å²) in [7, 11) is 0. The standard InChI is InChI=1S/C25H21ClN2O5/c26-21-13-15(24(30)31)9-10-22(21)28-23(29)11-12-27-25(32)33-14-20-18-7-3-1-5-16(18)17-6-2-4-8-19(17)20/h1-10,13,20H,11-12,14H2,(H,27,32)(H,28,29)(H,30,31). The Balaban J connectivity index is 1.26. The maximum Gasteiger partial charge on any atom is 0.407 e. The second-order valence-corrected chi connectivity index (χ2v) is 7.96. The van der Waals surface area contributed by atoms with Gasteiger partial charge in [-0.05, 0) is 40.5 Å². The number of amides is 2.